The van der Waals surface area contributed by atoms with Crippen LogP contribution in [-0.2, 0) is 12.0 Å². The zero-order valence-electron chi connectivity index (χ0n) is 10.5. The molecule has 3 nitrogen and oxygen atoms in total. The van der Waals surface area contributed by atoms with Crippen molar-refractivity contribution in [2.24, 2.45) is 0 Å². The fraction of sp³-hybridized carbons (Fsp3) is 0.357. The summed E-state index contributed by atoms with van der Waals surface area (Å²) >= 11 is 0. The van der Waals surface area contributed by atoms with Crippen molar-refractivity contribution in [2.45, 2.75) is 32.7 Å². The van der Waals surface area contributed by atoms with E-state index in [1.807, 2.05) is 4.68 Å². The Bertz CT molecular complexity index is 561. The van der Waals surface area contributed by atoms with Gasteiger partial charge in [-0.15, -0.1) is 0 Å². The molecule has 0 aliphatic carbocycles. The van der Waals surface area contributed by atoms with Crippen LogP contribution in [0.2, 0.25) is 0 Å². The molecule has 1 aromatic heterocycles. The predicted molar refractivity (Wildman–Crippen MR) is 69.6 cm³/mol. The Hall–Kier alpha value is -1.77. The molecular formula is C14H17N3. The second kappa shape index (κ2) is 3.36. The van der Waals surface area contributed by atoms with E-state index in [0.29, 0.717) is 0 Å². The molecule has 0 radical (unpaired) electrons. The van der Waals surface area contributed by atoms with E-state index in [-0.39, 0.29) is 5.41 Å². The van der Waals surface area contributed by atoms with Crippen LogP contribution in [0.5, 0.6) is 0 Å². The number of para-hydroxylation sites is 1. The molecule has 88 valence electrons. The largest absolute Gasteiger partial charge is 0.366 e. The lowest BCUT2D eigenvalue weighted by Crippen LogP contribution is -2.16. The summed E-state index contributed by atoms with van der Waals surface area (Å²) in [6.07, 6.45) is 0. The van der Waals surface area contributed by atoms with Crippen molar-refractivity contribution in [2.75, 3.05) is 5.32 Å². The summed E-state index contributed by atoms with van der Waals surface area (Å²) in [6, 6.07) is 10.5. The molecule has 0 amide bonds. The molecule has 0 saturated carbocycles. The third-order valence-corrected chi connectivity index (χ3v) is 3.16. The summed E-state index contributed by atoms with van der Waals surface area (Å²) in [5.41, 5.74) is 3.69. The maximum atomic E-state index is 4.72. The van der Waals surface area contributed by atoms with Crippen molar-refractivity contribution in [3.63, 3.8) is 0 Å². The fourth-order valence-corrected chi connectivity index (χ4v) is 2.11. The Balaban J connectivity index is 2.17. The van der Waals surface area contributed by atoms with Crippen LogP contribution in [0.15, 0.2) is 30.3 Å². The van der Waals surface area contributed by atoms with Crippen LogP contribution >= 0.6 is 0 Å². The van der Waals surface area contributed by atoms with E-state index in [1.165, 1.54) is 11.3 Å². The van der Waals surface area contributed by atoms with Crippen molar-refractivity contribution < 1.29 is 0 Å². The molecule has 0 atom stereocenters. The average molecular weight is 227 g/mol. The van der Waals surface area contributed by atoms with Crippen LogP contribution in [-0.4, -0.2) is 9.78 Å². The lowest BCUT2D eigenvalue weighted by molar-refractivity contribution is 0.560. The van der Waals surface area contributed by atoms with Gasteiger partial charge in [0.05, 0.1) is 11.4 Å². The van der Waals surface area contributed by atoms with E-state index in [4.69, 9.17) is 5.10 Å². The number of anilines is 1. The van der Waals surface area contributed by atoms with Crippen LogP contribution in [0.4, 0.5) is 5.82 Å². The summed E-state index contributed by atoms with van der Waals surface area (Å²) in [5.74, 6) is 1.09. The first kappa shape index (κ1) is 10.4. The minimum atomic E-state index is 0.0843. The number of fused-ring (bicyclic) bond motifs is 3. The highest BCUT2D eigenvalue weighted by Gasteiger charge is 2.23. The van der Waals surface area contributed by atoms with Gasteiger partial charge in [0.1, 0.15) is 5.82 Å². The SMILES string of the molecule is CC(C)(C)c1cc2n(n1)-c1ccccc1CN2. The minimum absolute atomic E-state index is 0.0843. The Morgan fingerprint density at radius 2 is 2.00 bits per heavy atom. The van der Waals surface area contributed by atoms with Crippen molar-refractivity contribution in [3.8, 4) is 5.69 Å². The summed E-state index contributed by atoms with van der Waals surface area (Å²) in [6.45, 7) is 7.44. The zero-order chi connectivity index (χ0) is 12.0. The van der Waals surface area contributed by atoms with Gasteiger partial charge >= 0.3 is 0 Å². The van der Waals surface area contributed by atoms with Gasteiger partial charge in [0, 0.05) is 18.0 Å². The third-order valence-electron chi connectivity index (χ3n) is 3.16. The molecule has 0 saturated heterocycles. The first-order chi connectivity index (χ1) is 8.05. The van der Waals surface area contributed by atoms with Crippen LogP contribution in [0.25, 0.3) is 5.69 Å². The molecule has 3 heteroatoms. The van der Waals surface area contributed by atoms with Gasteiger partial charge in [0.2, 0.25) is 0 Å². The monoisotopic (exact) mass is 227 g/mol. The van der Waals surface area contributed by atoms with Crippen molar-refractivity contribution in [3.05, 3.63) is 41.6 Å². The number of rotatable bonds is 0. The maximum Gasteiger partial charge on any atom is 0.130 e. The lowest BCUT2D eigenvalue weighted by Gasteiger charge is -2.19. The summed E-state index contributed by atoms with van der Waals surface area (Å²) in [4.78, 5) is 0. The average Bonchev–Trinajstić information content (AvgIpc) is 2.72. The molecule has 0 bridgehead atoms. The number of benzene rings is 1. The standard InChI is InChI=1S/C14H17N3/c1-14(2,3)12-8-13-15-9-10-6-4-5-7-11(10)17(13)16-12/h4-8,15H,9H2,1-3H3. The van der Waals surface area contributed by atoms with Gasteiger partial charge in [-0.1, -0.05) is 39.0 Å². The highest BCUT2D eigenvalue weighted by atomic mass is 15.3. The van der Waals surface area contributed by atoms with Crippen LogP contribution < -0.4 is 5.32 Å². The second-order valence-corrected chi connectivity index (χ2v) is 5.56. The van der Waals surface area contributed by atoms with Crippen molar-refractivity contribution in [1.82, 2.24) is 9.78 Å². The molecule has 1 aliphatic heterocycles. The highest BCUT2D eigenvalue weighted by Crippen LogP contribution is 2.30. The lowest BCUT2D eigenvalue weighted by atomic mass is 9.92. The Kier molecular flexibility index (Phi) is 2.05. The Morgan fingerprint density at radius 3 is 2.76 bits per heavy atom. The fourth-order valence-electron chi connectivity index (χ4n) is 2.11. The number of nitrogens with zero attached hydrogens (tertiary/aromatic N) is 2. The van der Waals surface area contributed by atoms with E-state index in [2.05, 4.69) is 56.4 Å². The molecule has 1 aliphatic rings. The Morgan fingerprint density at radius 1 is 1.24 bits per heavy atom. The van der Waals surface area contributed by atoms with Crippen molar-refractivity contribution >= 4 is 5.82 Å². The predicted octanol–water partition coefficient (Wildman–Crippen LogP) is 3.10. The molecule has 0 spiro atoms. The van der Waals surface area contributed by atoms with E-state index >= 15 is 0 Å². The van der Waals surface area contributed by atoms with Crippen LogP contribution in [0.3, 0.4) is 0 Å². The number of hydrogen-bond donors (Lipinski definition) is 1. The molecule has 2 heterocycles. The van der Waals surface area contributed by atoms with Crippen molar-refractivity contribution in [1.29, 1.82) is 0 Å². The zero-order valence-corrected chi connectivity index (χ0v) is 10.5. The summed E-state index contributed by atoms with van der Waals surface area (Å²) < 4.78 is 2.01. The van der Waals surface area contributed by atoms with Gasteiger partial charge in [0.15, 0.2) is 0 Å². The topological polar surface area (TPSA) is 29.9 Å². The van der Waals surface area contributed by atoms with Gasteiger partial charge in [-0.2, -0.15) is 5.10 Å². The molecule has 17 heavy (non-hydrogen) atoms. The third kappa shape index (κ3) is 1.62. The molecule has 2 aromatic rings. The number of hydrogen-bond acceptors (Lipinski definition) is 2. The van der Waals surface area contributed by atoms with Gasteiger partial charge in [-0.25, -0.2) is 4.68 Å². The van der Waals surface area contributed by atoms with Crippen LogP contribution in [0, 0.1) is 0 Å². The van der Waals surface area contributed by atoms with E-state index in [9.17, 15) is 0 Å². The first-order valence-corrected chi connectivity index (χ1v) is 5.98. The molecular weight excluding hydrogens is 210 g/mol. The normalized spacial score (nSPS) is 13.8. The van der Waals surface area contributed by atoms with E-state index in [1.54, 1.807) is 0 Å². The maximum absolute atomic E-state index is 4.72. The summed E-state index contributed by atoms with van der Waals surface area (Å²) in [7, 11) is 0. The first-order valence-electron chi connectivity index (χ1n) is 5.98. The highest BCUT2D eigenvalue weighted by molar-refractivity contribution is 5.55. The smallest absolute Gasteiger partial charge is 0.130 e. The molecule has 1 N–H and O–H groups in total. The van der Waals surface area contributed by atoms with E-state index in [0.717, 1.165) is 18.1 Å². The molecule has 0 unspecified atom stereocenters. The quantitative estimate of drug-likeness (QED) is 0.749. The second-order valence-electron chi connectivity index (χ2n) is 5.56. The van der Waals surface area contributed by atoms with E-state index < -0.39 is 0 Å². The molecule has 3 rings (SSSR count). The Labute approximate surface area is 101 Å². The molecule has 0 fully saturated rings. The van der Waals surface area contributed by atoms with Gasteiger partial charge < -0.3 is 5.32 Å². The minimum Gasteiger partial charge on any atom is -0.366 e. The van der Waals surface area contributed by atoms with Gasteiger partial charge in [-0.3, -0.25) is 0 Å². The van der Waals surface area contributed by atoms with Gasteiger partial charge in [0.25, 0.3) is 0 Å². The number of aromatic nitrogens is 2. The van der Waals surface area contributed by atoms with Crippen LogP contribution in [0.1, 0.15) is 32.0 Å². The number of nitrogens with one attached hydrogen (secondary N) is 1. The van der Waals surface area contributed by atoms with Gasteiger partial charge in [-0.05, 0) is 11.6 Å². The summed E-state index contributed by atoms with van der Waals surface area (Å²) in [5, 5.41) is 8.13. The molecule has 1 aromatic carbocycles.